The highest BCUT2D eigenvalue weighted by molar-refractivity contribution is 7.15. The predicted molar refractivity (Wildman–Crippen MR) is 63.9 cm³/mol. The lowest BCUT2D eigenvalue weighted by atomic mass is 10.1. The largest absolute Gasteiger partial charge is 0.481 e. The number of aliphatic carboxylic acids is 1. The van der Waals surface area contributed by atoms with E-state index in [1.165, 1.54) is 11.3 Å². The Morgan fingerprint density at radius 3 is 2.53 bits per heavy atom. The zero-order valence-electron chi connectivity index (χ0n) is 8.96. The summed E-state index contributed by atoms with van der Waals surface area (Å²) >= 11 is 1.38. The van der Waals surface area contributed by atoms with Crippen LogP contribution in [0.15, 0.2) is 30.3 Å². The van der Waals surface area contributed by atoms with Gasteiger partial charge in [-0.05, 0) is 12.8 Å². The number of carboxylic acid groups (broad SMARTS) is 1. The van der Waals surface area contributed by atoms with Gasteiger partial charge in [0.1, 0.15) is 15.4 Å². The molecule has 0 atom stereocenters. The summed E-state index contributed by atoms with van der Waals surface area (Å²) in [5.74, 6) is -0.784. The van der Waals surface area contributed by atoms with Crippen LogP contribution >= 0.6 is 11.3 Å². The SMILES string of the molecule is O=C(O)C1(c2nnc(-c3ccccc3)s2)CC1. The van der Waals surface area contributed by atoms with Crippen molar-refractivity contribution in [1.82, 2.24) is 10.2 Å². The summed E-state index contributed by atoms with van der Waals surface area (Å²) in [6.45, 7) is 0. The van der Waals surface area contributed by atoms with E-state index in [9.17, 15) is 9.90 Å². The Morgan fingerprint density at radius 2 is 1.94 bits per heavy atom. The highest BCUT2D eigenvalue weighted by Crippen LogP contribution is 2.50. The summed E-state index contributed by atoms with van der Waals surface area (Å²) in [7, 11) is 0. The van der Waals surface area contributed by atoms with Crippen LogP contribution in [0.25, 0.3) is 10.6 Å². The van der Waals surface area contributed by atoms with Crippen LogP contribution in [0, 0.1) is 0 Å². The summed E-state index contributed by atoms with van der Waals surface area (Å²) in [6, 6.07) is 9.70. The molecule has 1 fully saturated rings. The molecule has 1 heterocycles. The molecule has 0 spiro atoms. The lowest BCUT2D eigenvalue weighted by Crippen LogP contribution is -2.19. The predicted octanol–water partition coefficient (Wildman–Crippen LogP) is 2.32. The molecule has 2 aromatic rings. The average molecular weight is 246 g/mol. The van der Waals surface area contributed by atoms with Crippen LogP contribution in [0.3, 0.4) is 0 Å². The van der Waals surface area contributed by atoms with Crippen molar-refractivity contribution < 1.29 is 9.90 Å². The van der Waals surface area contributed by atoms with Crippen molar-refractivity contribution in [3.63, 3.8) is 0 Å². The van der Waals surface area contributed by atoms with Gasteiger partial charge in [0, 0.05) is 5.56 Å². The fourth-order valence-electron chi connectivity index (χ4n) is 1.76. The van der Waals surface area contributed by atoms with Crippen molar-refractivity contribution in [3.05, 3.63) is 35.3 Å². The molecule has 1 aromatic carbocycles. The first-order valence-electron chi connectivity index (χ1n) is 5.35. The van der Waals surface area contributed by atoms with E-state index in [1.807, 2.05) is 30.3 Å². The van der Waals surface area contributed by atoms with E-state index in [1.54, 1.807) is 0 Å². The number of hydrogen-bond donors (Lipinski definition) is 1. The zero-order chi connectivity index (χ0) is 11.9. The fourth-order valence-corrected chi connectivity index (χ4v) is 2.85. The highest BCUT2D eigenvalue weighted by atomic mass is 32.1. The van der Waals surface area contributed by atoms with Crippen molar-refractivity contribution >= 4 is 17.3 Å². The van der Waals surface area contributed by atoms with Gasteiger partial charge in [0.05, 0.1) is 0 Å². The number of hydrogen-bond acceptors (Lipinski definition) is 4. The van der Waals surface area contributed by atoms with Crippen LogP contribution in [-0.4, -0.2) is 21.3 Å². The summed E-state index contributed by atoms with van der Waals surface area (Å²) < 4.78 is 0. The van der Waals surface area contributed by atoms with Gasteiger partial charge in [-0.15, -0.1) is 10.2 Å². The Balaban J connectivity index is 1.97. The highest BCUT2D eigenvalue weighted by Gasteiger charge is 2.54. The zero-order valence-corrected chi connectivity index (χ0v) is 9.78. The van der Waals surface area contributed by atoms with Gasteiger partial charge in [-0.3, -0.25) is 4.79 Å². The molecular weight excluding hydrogens is 236 g/mol. The first-order chi connectivity index (χ1) is 8.22. The van der Waals surface area contributed by atoms with Crippen molar-refractivity contribution in [2.24, 2.45) is 0 Å². The van der Waals surface area contributed by atoms with E-state index in [4.69, 9.17) is 0 Å². The normalized spacial score (nSPS) is 16.7. The number of carbonyl (C=O) groups is 1. The molecule has 4 nitrogen and oxygen atoms in total. The second kappa shape index (κ2) is 3.63. The minimum absolute atomic E-state index is 0.629. The molecule has 0 radical (unpaired) electrons. The Morgan fingerprint density at radius 1 is 1.24 bits per heavy atom. The van der Waals surface area contributed by atoms with Crippen molar-refractivity contribution in [2.45, 2.75) is 18.3 Å². The van der Waals surface area contributed by atoms with Gasteiger partial charge in [0.2, 0.25) is 0 Å². The number of aromatic nitrogens is 2. The summed E-state index contributed by atoms with van der Waals surface area (Å²) in [4.78, 5) is 11.2. The molecule has 1 saturated carbocycles. The van der Waals surface area contributed by atoms with Crippen LogP contribution in [0.5, 0.6) is 0 Å². The summed E-state index contributed by atoms with van der Waals surface area (Å²) in [5.41, 5.74) is 0.238. The van der Waals surface area contributed by atoms with Gasteiger partial charge < -0.3 is 5.11 Å². The fraction of sp³-hybridized carbons (Fsp3) is 0.250. The van der Waals surface area contributed by atoms with Crippen molar-refractivity contribution in [3.8, 4) is 10.6 Å². The molecule has 3 rings (SSSR count). The first kappa shape index (κ1) is 10.4. The maximum atomic E-state index is 11.2. The van der Waals surface area contributed by atoms with E-state index in [2.05, 4.69) is 10.2 Å². The standard InChI is InChI=1S/C12H10N2O2S/c15-11(16)12(6-7-12)10-14-13-9(17-10)8-4-2-1-3-5-8/h1-5H,6-7H2,(H,15,16). The molecule has 86 valence electrons. The number of carboxylic acids is 1. The first-order valence-corrected chi connectivity index (χ1v) is 6.17. The molecule has 1 aliphatic rings. The molecule has 1 N–H and O–H groups in total. The molecule has 0 unspecified atom stereocenters. The number of rotatable bonds is 3. The van der Waals surface area contributed by atoms with Gasteiger partial charge >= 0.3 is 5.97 Å². The molecule has 1 aliphatic carbocycles. The van der Waals surface area contributed by atoms with Crippen molar-refractivity contribution in [1.29, 1.82) is 0 Å². The average Bonchev–Trinajstić information content (AvgIpc) is 3.02. The minimum Gasteiger partial charge on any atom is -0.481 e. The van der Waals surface area contributed by atoms with Gasteiger partial charge in [-0.2, -0.15) is 0 Å². The maximum absolute atomic E-state index is 11.2. The Kier molecular flexibility index (Phi) is 2.22. The van der Waals surface area contributed by atoms with Crippen molar-refractivity contribution in [2.75, 3.05) is 0 Å². The minimum atomic E-state index is -0.784. The third-order valence-electron chi connectivity index (χ3n) is 3.01. The molecule has 17 heavy (non-hydrogen) atoms. The van der Waals surface area contributed by atoms with Gasteiger partial charge in [-0.25, -0.2) is 0 Å². The van der Waals surface area contributed by atoms with Crippen LogP contribution in [0.2, 0.25) is 0 Å². The number of nitrogens with zero attached hydrogens (tertiary/aromatic N) is 2. The van der Waals surface area contributed by atoms with E-state index in [0.29, 0.717) is 17.8 Å². The molecule has 0 amide bonds. The van der Waals surface area contributed by atoms with E-state index >= 15 is 0 Å². The molecule has 5 heteroatoms. The Labute approximate surface area is 102 Å². The second-order valence-electron chi connectivity index (χ2n) is 4.17. The Hall–Kier alpha value is -1.75. The maximum Gasteiger partial charge on any atom is 0.316 e. The Bertz CT molecular complexity index is 561. The lowest BCUT2D eigenvalue weighted by molar-refractivity contribution is -0.140. The quantitative estimate of drug-likeness (QED) is 0.902. The van der Waals surface area contributed by atoms with E-state index < -0.39 is 11.4 Å². The van der Waals surface area contributed by atoms with Gasteiger partial charge in [0.25, 0.3) is 0 Å². The number of benzene rings is 1. The lowest BCUT2D eigenvalue weighted by Gasteiger charge is -2.02. The van der Waals surface area contributed by atoms with Gasteiger partial charge in [-0.1, -0.05) is 41.7 Å². The topological polar surface area (TPSA) is 63.1 Å². The second-order valence-corrected chi connectivity index (χ2v) is 5.14. The third-order valence-corrected chi connectivity index (χ3v) is 4.19. The molecule has 0 bridgehead atoms. The molecular formula is C12H10N2O2S. The third kappa shape index (κ3) is 1.63. The van der Waals surface area contributed by atoms with Crippen LogP contribution in [-0.2, 0) is 10.2 Å². The monoisotopic (exact) mass is 246 g/mol. The van der Waals surface area contributed by atoms with Crippen LogP contribution < -0.4 is 0 Å². The summed E-state index contributed by atoms with van der Waals surface area (Å²) in [5, 5.41) is 18.7. The molecule has 0 aliphatic heterocycles. The van der Waals surface area contributed by atoms with Crippen LogP contribution in [0.1, 0.15) is 17.8 Å². The van der Waals surface area contributed by atoms with Gasteiger partial charge in [0.15, 0.2) is 0 Å². The molecule has 1 aromatic heterocycles. The van der Waals surface area contributed by atoms with E-state index in [-0.39, 0.29) is 0 Å². The van der Waals surface area contributed by atoms with E-state index in [0.717, 1.165) is 10.6 Å². The summed E-state index contributed by atoms with van der Waals surface area (Å²) in [6.07, 6.45) is 1.34. The van der Waals surface area contributed by atoms with Crippen LogP contribution in [0.4, 0.5) is 0 Å². The molecule has 0 saturated heterocycles. The smallest absolute Gasteiger partial charge is 0.316 e.